The Labute approximate surface area is 101 Å². The largest absolute Gasteiger partial charge is 0.497 e. The number of carbonyl (C=O) groups is 1. The lowest BCUT2D eigenvalue weighted by molar-refractivity contribution is -0.149. The van der Waals surface area contributed by atoms with Gasteiger partial charge >= 0.3 is 5.97 Å². The molecule has 0 spiro atoms. The summed E-state index contributed by atoms with van der Waals surface area (Å²) in [6.07, 6.45) is 2.70. The van der Waals surface area contributed by atoms with Crippen molar-refractivity contribution in [1.82, 2.24) is 0 Å². The minimum absolute atomic E-state index is 0.181. The minimum Gasteiger partial charge on any atom is -0.497 e. The smallest absolute Gasteiger partial charge is 0.331 e. The van der Waals surface area contributed by atoms with Crippen LogP contribution in [0.5, 0.6) is 5.75 Å². The summed E-state index contributed by atoms with van der Waals surface area (Å²) in [4.78, 5) is 11.7. The van der Waals surface area contributed by atoms with Crippen molar-refractivity contribution >= 4 is 11.7 Å². The monoisotopic (exact) mass is 235 g/mol. The van der Waals surface area contributed by atoms with Gasteiger partial charge in [0.25, 0.3) is 0 Å². The zero-order valence-electron chi connectivity index (χ0n) is 10.2. The maximum absolute atomic E-state index is 11.7. The summed E-state index contributed by atoms with van der Waals surface area (Å²) in [6.45, 7) is 0. The van der Waals surface area contributed by atoms with Gasteiger partial charge in [0.1, 0.15) is 11.3 Å². The molecular weight excluding hydrogens is 218 g/mol. The molecule has 0 bridgehead atoms. The molecule has 0 saturated heterocycles. The maximum atomic E-state index is 11.7. The van der Waals surface area contributed by atoms with Crippen molar-refractivity contribution in [2.45, 2.75) is 24.8 Å². The first-order valence-corrected chi connectivity index (χ1v) is 5.71. The molecule has 1 aliphatic carbocycles. The molecule has 0 atom stereocenters. The lowest BCUT2D eigenvalue weighted by Crippen LogP contribution is -2.52. The van der Waals surface area contributed by atoms with Crippen molar-refractivity contribution in [3.63, 3.8) is 0 Å². The van der Waals surface area contributed by atoms with E-state index >= 15 is 0 Å². The fourth-order valence-electron chi connectivity index (χ4n) is 2.06. The first-order valence-electron chi connectivity index (χ1n) is 5.71. The third kappa shape index (κ3) is 2.20. The molecule has 4 heteroatoms. The van der Waals surface area contributed by atoms with Crippen LogP contribution in [0, 0.1) is 0 Å². The van der Waals surface area contributed by atoms with Crippen LogP contribution in [0.3, 0.4) is 0 Å². The van der Waals surface area contributed by atoms with E-state index in [1.54, 1.807) is 7.11 Å². The number of carbonyl (C=O) groups excluding carboxylic acids is 1. The van der Waals surface area contributed by atoms with Gasteiger partial charge in [-0.1, -0.05) is 0 Å². The molecule has 4 nitrogen and oxygen atoms in total. The number of hydrogen-bond acceptors (Lipinski definition) is 4. The maximum Gasteiger partial charge on any atom is 0.331 e. The van der Waals surface area contributed by atoms with Gasteiger partial charge in [-0.15, -0.1) is 0 Å². The topological polar surface area (TPSA) is 47.6 Å². The molecule has 92 valence electrons. The molecule has 0 aromatic heterocycles. The summed E-state index contributed by atoms with van der Waals surface area (Å²) in [5, 5.41) is 3.26. The van der Waals surface area contributed by atoms with Gasteiger partial charge in [0.2, 0.25) is 0 Å². The van der Waals surface area contributed by atoms with Crippen molar-refractivity contribution in [2.75, 3.05) is 19.5 Å². The molecule has 1 N–H and O–H groups in total. The summed E-state index contributed by atoms with van der Waals surface area (Å²) >= 11 is 0. The highest BCUT2D eigenvalue weighted by Gasteiger charge is 2.45. The summed E-state index contributed by atoms with van der Waals surface area (Å²) in [6, 6.07) is 7.54. The van der Waals surface area contributed by atoms with Crippen LogP contribution in [0.4, 0.5) is 5.69 Å². The van der Waals surface area contributed by atoms with E-state index in [0.29, 0.717) is 0 Å². The fraction of sp³-hybridized carbons (Fsp3) is 0.462. The molecule has 1 aliphatic rings. The number of benzene rings is 1. The summed E-state index contributed by atoms with van der Waals surface area (Å²) < 4.78 is 9.94. The first kappa shape index (κ1) is 11.8. The third-order valence-electron chi connectivity index (χ3n) is 3.26. The Morgan fingerprint density at radius 1 is 1.24 bits per heavy atom. The molecule has 1 aromatic rings. The Hall–Kier alpha value is -1.71. The van der Waals surface area contributed by atoms with Crippen molar-refractivity contribution < 1.29 is 14.3 Å². The Kier molecular flexibility index (Phi) is 3.22. The second kappa shape index (κ2) is 4.65. The molecule has 0 unspecified atom stereocenters. The predicted octanol–water partition coefficient (Wildman–Crippen LogP) is 2.20. The second-order valence-corrected chi connectivity index (χ2v) is 4.28. The SMILES string of the molecule is COC(=O)C1(Nc2ccc(OC)cc2)CCC1. The molecule has 1 aromatic carbocycles. The molecule has 1 saturated carbocycles. The molecule has 17 heavy (non-hydrogen) atoms. The Balaban J connectivity index is 2.10. The number of hydrogen-bond donors (Lipinski definition) is 1. The average Bonchev–Trinajstić information content (AvgIpc) is 2.33. The van der Waals surface area contributed by atoms with E-state index < -0.39 is 5.54 Å². The molecule has 2 rings (SSSR count). The predicted molar refractivity (Wildman–Crippen MR) is 65.2 cm³/mol. The van der Waals surface area contributed by atoms with Crippen LogP contribution < -0.4 is 10.1 Å². The second-order valence-electron chi connectivity index (χ2n) is 4.28. The lowest BCUT2D eigenvalue weighted by atomic mass is 9.76. The number of anilines is 1. The lowest BCUT2D eigenvalue weighted by Gasteiger charge is -2.40. The van der Waals surface area contributed by atoms with Gasteiger partial charge < -0.3 is 14.8 Å². The van der Waals surface area contributed by atoms with Crippen molar-refractivity contribution in [1.29, 1.82) is 0 Å². The number of esters is 1. The first-order chi connectivity index (χ1) is 8.20. The van der Waals surface area contributed by atoms with E-state index in [9.17, 15) is 4.79 Å². The summed E-state index contributed by atoms with van der Waals surface area (Å²) in [5.41, 5.74) is 0.388. The zero-order chi connectivity index (χ0) is 12.3. The van der Waals surface area contributed by atoms with Crippen molar-refractivity contribution in [3.05, 3.63) is 24.3 Å². The van der Waals surface area contributed by atoms with Crippen LogP contribution in [0.15, 0.2) is 24.3 Å². The molecule has 0 radical (unpaired) electrons. The number of rotatable bonds is 4. The van der Waals surface area contributed by atoms with Gasteiger partial charge in [0.15, 0.2) is 0 Å². The van der Waals surface area contributed by atoms with Gasteiger partial charge in [0, 0.05) is 5.69 Å². The van der Waals surface area contributed by atoms with Crippen LogP contribution >= 0.6 is 0 Å². The Morgan fingerprint density at radius 3 is 2.29 bits per heavy atom. The highest BCUT2D eigenvalue weighted by molar-refractivity contribution is 5.85. The van der Waals surface area contributed by atoms with Crippen LogP contribution in [0.2, 0.25) is 0 Å². The zero-order valence-corrected chi connectivity index (χ0v) is 10.2. The van der Waals surface area contributed by atoms with E-state index in [4.69, 9.17) is 9.47 Å². The summed E-state index contributed by atoms with van der Waals surface area (Å²) in [5.74, 6) is 0.621. The number of methoxy groups -OCH3 is 2. The van der Waals surface area contributed by atoms with E-state index in [2.05, 4.69) is 5.32 Å². The van der Waals surface area contributed by atoms with Crippen molar-refractivity contribution in [3.8, 4) is 5.75 Å². The van der Waals surface area contributed by atoms with E-state index in [-0.39, 0.29) is 5.97 Å². The van der Waals surface area contributed by atoms with E-state index in [1.807, 2.05) is 24.3 Å². The van der Waals surface area contributed by atoms with Crippen LogP contribution in [-0.2, 0) is 9.53 Å². The van der Waals surface area contributed by atoms with Crippen LogP contribution in [-0.4, -0.2) is 25.7 Å². The Morgan fingerprint density at radius 2 is 1.88 bits per heavy atom. The van der Waals surface area contributed by atoms with Crippen LogP contribution in [0.1, 0.15) is 19.3 Å². The van der Waals surface area contributed by atoms with Gasteiger partial charge in [0.05, 0.1) is 14.2 Å². The molecular formula is C13H17NO3. The molecule has 0 aliphatic heterocycles. The van der Waals surface area contributed by atoms with Crippen molar-refractivity contribution in [2.24, 2.45) is 0 Å². The Bertz CT molecular complexity index is 396. The number of ether oxygens (including phenoxy) is 2. The quantitative estimate of drug-likeness (QED) is 0.813. The normalized spacial score (nSPS) is 16.8. The average molecular weight is 235 g/mol. The van der Waals surface area contributed by atoms with Gasteiger partial charge in [-0.25, -0.2) is 4.79 Å². The highest BCUT2D eigenvalue weighted by atomic mass is 16.5. The third-order valence-corrected chi connectivity index (χ3v) is 3.26. The minimum atomic E-state index is -0.524. The summed E-state index contributed by atoms with van der Waals surface area (Å²) in [7, 11) is 3.06. The van der Waals surface area contributed by atoms with Gasteiger partial charge in [-0.05, 0) is 43.5 Å². The van der Waals surface area contributed by atoms with E-state index in [0.717, 1.165) is 30.7 Å². The standard InChI is InChI=1S/C13H17NO3/c1-16-11-6-4-10(5-7-11)14-13(8-3-9-13)12(15)17-2/h4-7,14H,3,8-9H2,1-2H3. The number of nitrogens with one attached hydrogen (secondary N) is 1. The van der Waals surface area contributed by atoms with Gasteiger partial charge in [-0.2, -0.15) is 0 Å². The molecule has 1 fully saturated rings. The van der Waals surface area contributed by atoms with E-state index in [1.165, 1.54) is 7.11 Å². The highest BCUT2D eigenvalue weighted by Crippen LogP contribution is 2.36. The molecule has 0 heterocycles. The van der Waals surface area contributed by atoms with Crippen LogP contribution in [0.25, 0.3) is 0 Å². The van der Waals surface area contributed by atoms with Gasteiger partial charge in [-0.3, -0.25) is 0 Å². The molecule has 0 amide bonds. The fourth-order valence-corrected chi connectivity index (χ4v) is 2.06.